The average Bonchev–Trinajstić information content (AvgIpc) is 2.73. The van der Waals surface area contributed by atoms with Crippen LogP contribution in [0.3, 0.4) is 0 Å². The molecule has 0 spiro atoms. The summed E-state index contributed by atoms with van der Waals surface area (Å²) in [6.07, 6.45) is 5.61. The Hall–Kier alpha value is -0.610. The first-order chi connectivity index (χ1) is 8.42. The maximum absolute atomic E-state index is 11.2. The van der Waals surface area contributed by atoms with E-state index in [1.54, 1.807) is 0 Å². The molecule has 0 amide bonds. The number of aliphatic carboxylic acids is 1. The molecule has 2 rings (SSSR count). The second-order valence-corrected chi connectivity index (χ2v) is 6.51. The number of hydrogen-bond donors (Lipinski definition) is 2. The molecule has 0 radical (unpaired) electrons. The highest BCUT2D eigenvalue weighted by atomic mass is 16.4. The monoisotopic (exact) mass is 254 g/mol. The number of likely N-dealkylation sites (tertiary alicyclic amines) is 1. The van der Waals surface area contributed by atoms with Crippen LogP contribution in [0.5, 0.6) is 0 Å². The summed E-state index contributed by atoms with van der Waals surface area (Å²) in [5.74, 6) is 0.681. The lowest BCUT2D eigenvalue weighted by Crippen LogP contribution is -2.51. The summed E-state index contributed by atoms with van der Waals surface area (Å²) >= 11 is 0. The van der Waals surface area contributed by atoms with E-state index in [0.717, 1.165) is 18.4 Å². The van der Waals surface area contributed by atoms with Crippen LogP contribution in [0, 0.1) is 11.8 Å². The van der Waals surface area contributed by atoms with E-state index in [-0.39, 0.29) is 0 Å². The molecule has 0 aromatic heterocycles. The van der Waals surface area contributed by atoms with E-state index in [4.69, 9.17) is 5.73 Å². The molecule has 104 valence electrons. The van der Waals surface area contributed by atoms with E-state index >= 15 is 0 Å². The van der Waals surface area contributed by atoms with Gasteiger partial charge >= 0.3 is 5.97 Å². The molecule has 1 saturated carbocycles. The van der Waals surface area contributed by atoms with Crippen molar-refractivity contribution in [2.75, 3.05) is 13.1 Å². The smallest absolute Gasteiger partial charge is 0.325 e. The minimum absolute atomic E-state index is 0.526. The first-order valence-corrected chi connectivity index (χ1v) is 7.19. The lowest BCUT2D eigenvalue weighted by atomic mass is 9.79. The van der Waals surface area contributed by atoms with Crippen LogP contribution in [0.1, 0.15) is 46.0 Å². The van der Waals surface area contributed by atoms with E-state index in [1.807, 2.05) is 0 Å². The maximum atomic E-state index is 11.2. The Balaban J connectivity index is 1.95. The minimum Gasteiger partial charge on any atom is -0.480 e. The van der Waals surface area contributed by atoms with Gasteiger partial charge in [0.05, 0.1) is 0 Å². The van der Waals surface area contributed by atoms with Crippen molar-refractivity contribution in [3.63, 3.8) is 0 Å². The van der Waals surface area contributed by atoms with E-state index in [0.29, 0.717) is 19.0 Å². The minimum atomic E-state index is -1.01. The first-order valence-electron chi connectivity index (χ1n) is 7.19. The van der Waals surface area contributed by atoms with Crippen molar-refractivity contribution >= 4 is 5.97 Å². The molecular weight excluding hydrogens is 228 g/mol. The van der Waals surface area contributed by atoms with Gasteiger partial charge in [0.15, 0.2) is 0 Å². The van der Waals surface area contributed by atoms with Crippen molar-refractivity contribution in [2.45, 2.75) is 57.5 Å². The van der Waals surface area contributed by atoms with Crippen LogP contribution in [-0.2, 0) is 4.79 Å². The molecule has 0 aromatic carbocycles. The van der Waals surface area contributed by atoms with Crippen molar-refractivity contribution in [1.82, 2.24) is 4.90 Å². The van der Waals surface area contributed by atoms with Crippen molar-refractivity contribution in [3.05, 3.63) is 0 Å². The SMILES string of the molecule is CC(C)C1CCCC(N2CCC(N)(C(=O)O)C2)C1. The predicted molar refractivity (Wildman–Crippen MR) is 71.3 cm³/mol. The van der Waals surface area contributed by atoms with Gasteiger partial charge in [-0.3, -0.25) is 9.69 Å². The van der Waals surface area contributed by atoms with Gasteiger partial charge in [0.1, 0.15) is 5.54 Å². The van der Waals surface area contributed by atoms with Crippen LogP contribution in [0.2, 0.25) is 0 Å². The third-order valence-corrected chi connectivity index (χ3v) is 4.90. The van der Waals surface area contributed by atoms with Gasteiger partial charge in [-0.2, -0.15) is 0 Å². The van der Waals surface area contributed by atoms with E-state index in [2.05, 4.69) is 18.7 Å². The Morgan fingerprint density at radius 2 is 2.17 bits per heavy atom. The number of nitrogens with two attached hydrogens (primary N) is 1. The fraction of sp³-hybridized carbons (Fsp3) is 0.929. The standard InChI is InChI=1S/C14H26N2O2/c1-10(2)11-4-3-5-12(8-11)16-7-6-14(15,9-16)13(17)18/h10-12H,3-9,15H2,1-2H3,(H,17,18). The second kappa shape index (κ2) is 5.17. The molecule has 1 aliphatic carbocycles. The van der Waals surface area contributed by atoms with Crippen LogP contribution >= 0.6 is 0 Å². The Bertz CT molecular complexity index is 319. The molecular formula is C14H26N2O2. The number of carbonyl (C=O) groups is 1. The quantitative estimate of drug-likeness (QED) is 0.804. The maximum Gasteiger partial charge on any atom is 0.325 e. The summed E-state index contributed by atoms with van der Waals surface area (Å²) in [5, 5.41) is 9.18. The molecule has 3 atom stereocenters. The zero-order chi connectivity index (χ0) is 13.3. The number of nitrogens with zero attached hydrogens (tertiary/aromatic N) is 1. The summed E-state index contributed by atoms with van der Waals surface area (Å²) in [5.41, 5.74) is 4.94. The molecule has 1 heterocycles. The lowest BCUT2D eigenvalue weighted by Gasteiger charge is -2.37. The molecule has 0 aromatic rings. The second-order valence-electron chi connectivity index (χ2n) is 6.51. The van der Waals surface area contributed by atoms with Crippen LogP contribution in [0.4, 0.5) is 0 Å². The molecule has 1 saturated heterocycles. The average molecular weight is 254 g/mol. The van der Waals surface area contributed by atoms with Gasteiger partial charge in [-0.15, -0.1) is 0 Å². The summed E-state index contributed by atoms with van der Waals surface area (Å²) in [6.45, 7) is 5.96. The van der Waals surface area contributed by atoms with Crippen LogP contribution in [-0.4, -0.2) is 40.6 Å². The molecule has 2 fully saturated rings. The van der Waals surface area contributed by atoms with Gasteiger partial charge in [-0.05, 0) is 31.1 Å². The summed E-state index contributed by atoms with van der Waals surface area (Å²) in [6, 6.07) is 0.552. The summed E-state index contributed by atoms with van der Waals surface area (Å²) < 4.78 is 0. The van der Waals surface area contributed by atoms with Crippen molar-refractivity contribution in [1.29, 1.82) is 0 Å². The lowest BCUT2D eigenvalue weighted by molar-refractivity contribution is -0.142. The van der Waals surface area contributed by atoms with Gasteiger partial charge in [-0.1, -0.05) is 26.7 Å². The van der Waals surface area contributed by atoms with Crippen LogP contribution < -0.4 is 5.73 Å². The van der Waals surface area contributed by atoms with Gasteiger partial charge in [0, 0.05) is 19.1 Å². The molecule has 1 aliphatic heterocycles. The molecule has 4 heteroatoms. The zero-order valence-electron chi connectivity index (χ0n) is 11.6. The zero-order valence-corrected chi connectivity index (χ0v) is 11.6. The van der Waals surface area contributed by atoms with Crippen molar-refractivity contribution in [3.8, 4) is 0 Å². The van der Waals surface area contributed by atoms with Gasteiger partial charge < -0.3 is 10.8 Å². The number of rotatable bonds is 3. The molecule has 2 aliphatic rings. The molecule has 3 N–H and O–H groups in total. The topological polar surface area (TPSA) is 66.6 Å². The first kappa shape index (κ1) is 13.8. The molecule has 18 heavy (non-hydrogen) atoms. The van der Waals surface area contributed by atoms with Crippen LogP contribution in [0.25, 0.3) is 0 Å². The highest BCUT2D eigenvalue weighted by Gasteiger charge is 2.44. The van der Waals surface area contributed by atoms with E-state index in [1.165, 1.54) is 25.7 Å². The fourth-order valence-corrected chi connectivity index (χ4v) is 3.49. The largest absolute Gasteiger partial charge is 0.480 e. The Kier molecular flexibility index (Phi) is 3.97. The highest BCUT2D eigenvalue weighted by Crippen LogP contribution is 2.34. The number of carboxylic acids is 1. The van der Waals surface area contributed by atoms with Gasteiger partial charge in [0.2, 0.25) is 0 Å². The van der Waals surface area contributed by atoms with Crippen molar-refractivity contribution in [2.24, 2.45) is 17.6 Å². The summed E-state index contributed by atoms with van der Waals surface area (Å²) in [4.78, 5) is 13.5. The Morgan fingerprint density at radius 1 is 1.44 bits per heavy atom. The third-order valence-electron chi connectivity index (χ3n) is 4.90. The van der Waals surface area contributed by atoms with E-state index in [9.17, 15) is 9.90 Å². The molecule has 3 unspecified atom stereocenters. The highest BCUT2D eigenvalue weighted by molar-refractivity contribution is 5.79. The van der Waals surface area contributed by atoms with Gasteiger partial charge in [0.25, 0.3) is 0 Å². The number of carboxylic acid groups (broad SMARTS) is 1. The van der Waals surface area contributed by atoms with Crippen molar-refractivity contribution < 1.29 is 9.90 Å². The summed E-state index contributed by atoms with van der Waals surface area (Å²) in [7, 11) is 0. The molecule has 4 nitrogen and oxygen atoms in total. The fourth-order valence-electron chi connectivity index (χ4n) is 3.49. The Morgan fingerprint density at radius 3 is 2.72 bits per heavy atom. The van der Waals surface area contributed by atoms with E-state index < -0.39 is 11.5 Å². The number of hydrogen-bond acceptors (Lipinski definition) is 3. The Labute approximate surface area is 110 Å². The molecule has 0 bridgehead atoms. The predicted octanol–water partition coefficient (Wildman–Crippen LogP) is 1.69. The van der Waals surface area contributed by atoms with Crippen LogP contribution in [0.15, 0.2) is 0 Å². The van der Waals surface area contributed by atoms with Gasteiger partial charge in [-0.25, -0.2) is 0 Å². The third kappa shape index (κ3) is 2.69. The normalized spacial score (nSPS) is 38.2.